The highest BCUT2D eigenvalue weighted by atomic mass is 79.9. The molecule has 1 aliphatic rings. The van der Waals surface area contributed by atoms with E-state index < -0.39 is 10.0 Å². The Hall–Kier alpha value is -0.430. The molecule has 4 nitrogen and oxygen atoms in total. The maximum atomic E-state index is 12.4. The van der Waals surface area contributed by atoms with Crippen molar-refractivity contribution in [1.82, 2.24) is 10.0 Å². The number of benzene rings is 1. The van der Waals surface area contributed by atoms with E-state index in [9.17, 15) is 8.42 Å². The molecule has 0 saturated heterocycles. The molecule has 1 fully saturated rings. The molecule has 0 spiro atoms. The topological polar surface area (TPSA) is 58.2 Å². The first kappa shape index (κ1) is 15.0. The molecule has 1 saturated carbocycles. The Bertz CT molecular complexity index is 554. The quantitative estimate of drug-likeness (QED) is 0.859. The monoisotopic (exact) mass is 346 g/mol. The van der Waals surface area contributed by atoms with Gasteiger partial charge in [-0.1, -0.05) is 13.0 Å². The summed E-state index contributed by atoms with van der Waals surface area (Å²) < 4.78 is 28.1. The van der Waals surface area contributed by atoms with E-state index in [1.807, 2.05) is 13.1 Å². The van der Waals surface area contributed by atoms with E-state index in [1.165, 1.54) is 0 Å². The van der Waals surface area contributed by atoms with E-state index in [0.29, 0.717) is 21.8 Å². The number of halogens is 1. The van der Waals surface area contributed by atoms with Crippen LogP contribution in [0, 0.1) is 5.92 Å². The zero-order valence-corrected chi connectivity index (χ0v) is 13.5. The van der Waals surface area contributed by atoms with Gasteiger partial charge in [-0.2, -0.15) is 0 Å². The largest absolute Gasteiger partial charge is 0.316 e. The lowest BCUT2D eigenvalue weighted by Gasteiger charge is -2.33. The molecule has 0 radical (unpaired) electrons. The summed E-state index contributed by atoms with van der Waals surface area (Å²) in [4.78, 5) is 0.319. The third-order valence-electron chi connectivity index (χ3n) is 3.36. The van der Waals surface area contributed by atoms with Crippen molar-refractivity contribution in [3.05, 3.63) is 28.2 Å². The molecule has 106 valence electrons. The van der Waals surface area contributed by atoms with Gasteiger partial charge < -0.3 is 5.32 Å². The van der Waals surface area contributed by atoms with E-state index in [4.69, 9.17) is 0 Å². The second kappa shape index (κ2) is 5.91. The van der Waals surface area contributed by atoms with E-state index >= 15 is 0 Å². The van der Waals surface area contributed by atoms with E-state index in [-0.39, 0.29) is 6.04 Å². The first-order valence-electron chi connectivity index (χ1n) is 6.37. The fourth-order valence-electron chi connectivity index (χ4n) is 2.35. The molecule has 0 aliphatic heterocycles. The molecule has 0 bridgehead atoms. The van der Waals surface area contributed by atoms with Crippen LogP contribution in [0.1, 0.15) is 25.3 Å². The normalized spacial score (nSPS) is 23.1. The van der Waals surface area contributed by atoms with Gasteiger partial charge in [-0.15, -0.1) is 0 Å². The van der Waals surface area contributed by atoms with Crippen LogP contribution in [0.3, 0.4) is 0 Å². The lowest BCUT2D eigenvalue weighted by atomic mass is 9.83. The highest BCUT2D eigenvalue weighted by molar-refractivity contribution is 9.10. The average molecular weight is 347 g/mol. The fourth-order valence-corrected chi connectivity index (χ4v) is 4.62. The summed E-state index contributed by atoms with van der Waals surface area (Å²) in [5.41, 5.74) is 0.952. The maximum absolute atomic E-state index is 12.4. The van der Waals surface area contributed by atoms with Crippen LogP contribution < -0.4 is 10.0 Å². The summed E-state index contributed by atoms with van der Waals surface area (Å²) in [5, 5.41) is 3.02. The number of rotatable bonds is 5. The van der Waals surface area contributed by atoms with Crippen LogP contribution in [-0.2, 0) is 16.6 Å². The molecule has 0 aromatic heterocycles. The standard InChI is InChI=1S/C13H19BrN2O2S/c1-9-5-11(6-9)16-19(17,18)13-7-10(8-15-2)3-4-12(13)14/h3-4,7,9,11,15-16H,5-6,8H2,1-2H3. The van der Waals surface area contributed by atoms with Gasteiger partial charge in [-0.3, -0.25) is 0 Å². The molecule has 0 atom stereocenters. The van der Waals surface area contributed by atoms with Crippen LogP contribution in [0.2, 0.25) is 0 Å². The molecule has 0 unspecified atom stereocenters. The lowest BCUT2D eigenvalue weighted by molar-refractivity contribution is 0.270. The van der Waals surface area contributed by atoms with Crippen molar-refractivity contribution in [2.45, 2.75) is 37.2 Å². The van der Waals surface area contributed by atoms with Gasteiger partial charge in [0.25, 0.3) is 0 Å². The Labute approximate surface area is 123 Å². The molecule has 1 aromatic rings. The second-order valence-corrected chi connectivity index (χ2v) is 7.73. The maximum Gasteiger partial charge on any atom is 0.241 e. The molecule has 0 amide bonds. The second-order valence-electron chi connectivity index (χ2n) is 5.19. The lowest BCUT2D eigenvalue weighted by Crippen LogP contribution is -2.43. The van der Waals surface area contributed by atoms with Gasteiger partial charge in [0.2, 0.25) is 10.0 Å². The van der Waals surface area contributed by atoms with Gasteiger partial charge >= 0.3 is 0 Å². The van der Waals surface area contributed by atoms with Crippen molar-refractivity contribution < 1.29 is 8.42 Å². The van der Waals surface area contributed by atoms with Gasteiger partial charge in [0.1, 0.15) is 0 Å². The molecule has 19 heavy (non-hydrogen) atoms. The third kappa shape index (κ3) is 3.56. The van der Waals surface area contributed by atoms with Crippen LogP contribution in [-0.4, -0.2) is 21.5 Å². The summed E-state index contributed by atoms with van der Waals surface area (Å²) in [5.74, 6) is 0.617. The molecule has 2 N–H and O–H groups in total. The number of sulfonamides is 1. The van der Waals surface area contributed by atoms with Crippen molar-refractivity contribution in [2.24, 2.45) is 5.92 Å². The van der Waals surface area contributed by atoms with Crippen molar-refractivity contribution in [3.8, 4) is 0 Å². The van der Waals surface area contributed by atoms with Crippen molar-refractivity contribution >= 4 is 26.0 Å². The summed E-state index contributed by atoms with van der Waals surface area (Å²) >= 11 is 3.32. The first-order chi connectivity index (χ1) is 8.92. The van der Waals surface area contributed by atoms with Gasteiger partial charge in [0, 0.05) is 17.1 Å². The van der Waals surface area contributed by atoms with Crippen molar-refractivity contribution in [3.63, 3.8) is 0 Å². The van der Waals surface area contributed by atoms with Gasteiger partial charge in [-0.05, 0) is 59.4 Å². The number of hydrogen-bond donors (Lipinski definition) is 2. The minimum Gasteiger partial charge on any atom is -0.316 e. The first-order valence-corrected chi connectivity index (χ1v) is 8.65. The molecule has 6 heteroatoms. The molecule has 1 aliphatic carbocycles. The molecule has 1 aromatic carbocycles. The number of hydrogen-bond acceptors (Lipinski definition) is 3. The third-order valence-corrected chi connectivity index (χ3v) is 5.88. The summed E-state index contributed by atoms with van der Waals surface area (Å²) in [7, 11) is -1.60. The summed E-state index contributed by atoms with van der Waals surface area (Å²) in [6.45, 7) is 2.78. The van der Waals surface area contributed by atoms with Gasteiger partial charge in [0.15, 0.2) is 0 Å². The summed E-state index contributed by atoms with van der Waals surface area (Å²) in [6.07, 6.45) is 1.85. The molecular formula is C13H19BrN2O2S. The predicted octanol–water partition coefficient (Wildman–Crippen LogP) is 2.25. The molecule has 2 rings (SSSR count). The predicted molar refractivity (Wildman–Crippen MR) is 79.4 cm³/mol. The minimum absolute atomic E-state index is 0.0832. The Morgan fingerprint density at radius 1 is 1.37 bits per heavy atom. The molecule has 0 heterocycles. The van der Waals surface area contributed by atoms with Crippen molar-refractivity contribution in [2.75, 3.05) is 7.05 Å². The highest BCUT2D eigenvalue weighted by Gasteiger charge is 2.30. The van der Waals surface area contributed by atoms with E-state index in [0.717, 1.165) is 18.4 Å². The van der Waals surface area contributed by atoms with Crippen LogP contribution in [0.5, 0.6) is 0 Å². The van der Waals surface area contributed by atoms with Gasteiger partial charge in [-0.25, -0.2) is 13.1 Å². The highest BCUT2D eigenvalue weighted by Crippen LogP contribution is 2.29. The Kier molecular flexibility index (Phi) is 4.66. The van der Waals surface area contributed by atoms with Crippen LogP contribution in [0.25, 0.3) is 0 Å². The van der Waals surface area contributed by atoms with Crippen LogP contribution in [0.4, 0.5) is 0 Å². The average Bonchev–Trinajstić information content (AvgIpc) is 2.29. The zero-order chi connectivity index (χ0) is 14.0. The SMILES string of the molecule is CNCc1ccc(Br)c(S(=O)(=O)NC2CC(C)C2)c1. The Morgan fingerprint density at radius 2 is 2.05 bits per heavy atom. The summed E-state index contributed by atoms with van der Waals surface area (Å²) in [6, 6.07) is 5.49. The van der Waals surface area contributed by atoms with Crippen LogP contribution >= 0.6 is 15.9 Å². The van der Waals surface area contributed by atoms with E-state index in [1.54, 1.807) is 12.1 Å². The fraction of sp³-hybridized carbons (Fsp3) is 0.538. The number of nitrogens with one attached hydrogen (secondary N) is 2. The van der Waals surface area contributed by atoms with E-state index in [2.05, 4.69) is 32.9 Å². The minimum atomic E-state index is -3.44. The van der Waals surface area contributed by atoms with Crippen molar-refractivity contribution in [1.29, 1.82) is 0 Å². The van der Waals surface area contributed by atoms with Crippen LogP contribution in [0.15, 0.2) is 27.6 Å². The zero-order valence-electron chi connectivity index (χ0n) is 11.1. The molecular weight excluding hydrogens is 328 g/mol. The van der Waals surface area contributed by atoms with Gasteiger partial charge in [0.05, 0.1) is 4.90 Å². The Balaban J connectivity index is 2.21. The smallest absolute Gasteiger partial charge is 0.241 e. The Morgan fingerprint density at radius 3 is 2.63 bits per heavy atom.